The van der Waals surface area contributed by atoms with Gasteiger partial charge >= 0.3 is 0 Å². The van der Waals surface area contributed by atoms with Crippen LogP contribution in [0.4, 0.5) is 28.9 Å². The average Bonchev–Trinajstić information content (AvgIpc) is 3.32. The zero-order valence-electron chi connectivity index (χ0n) is 16.7. The number of anilines is 1. The van der Waals surface area contributed by atoms with E-state index in [9.17, 15) is 32.5 Å². The van der Waals surface area contributed by atoms with E-state index in [1.54, 1.807) is 6.07 Å². The predicted octanol–water partition coefficient (Wildman–Crippen LogP) is 5.03. The highest BCUT2D eigenvalue weighted by atomic mass is 35.5. The lowest BCUT2D eigenvalue weighted by atomic mass is 10.1. The highest BCUT2D eigenvalue weighted by Gasteiger charge is 2.31. The Morgan fingerprint density at radius 3 is 2.21 bits per heavy atom. The second-order valence-electron chi connectivity index (χ2n) is 7.17. The molecule has 0 bridgehead atoms. The fraction of sp³-hybridized carbons (Fsp3) is 0.190. The Kier molecular flexibility index (Phi) is 5.98. The maximum Gasteiger partial charge on any atom is 0.289 e. The number of hydrogen-bond acceptors (Lipinski definition) is 5. The Morgan fingerprint density at radius 1 is 0.970 bits per heavy atom. The van der Waals surface area contributed by atoms with Crippen LogP contribution in [-0.2, 0) is 0 Å². The fourth-order valence-electron chi connectivity index (χ4n) is 3.54. The number of amides is 1. The maximum atomic E-state index is 14.2. The number of hydrogen-bond donors (Lipinski definition) is 0. The number of carbonyl (C=O) groups excluding carboxylic acids is 1. The molecule has 2 aromatic carbocycles. The second-order valence-corrected chi connectivity index (χ2v) is 7.55. The summed E-state index contributed by atoms with van der Waals surface area (Å²) in [5.41, 5.74) is -0.610. The molecule has 12 heteroatoms. The van der Waals surface area contributed by atoms with Crippen LogP contribution in [0.2, 0.25) is 5.02 Å². The molecule has 0 radical (unpaired) electrons. The van der Waals surface area contributed by atoms with Crippen molar-refractivity contribution in [2.24, 2.45) is 0 Å². The summed E-state index contributed by atoms with van der Waals surface area (Å²) in [5.74, 6) is -6.89. The van der Waals surface area contributed by atoms with Crippen LogP contribution in [0.25, 0.3) is 11.3 Å². The number of nitro groups is 1. The second kappa shape index (κ2) is 8.74. The number of piperazine rings is 1. The first-order valence-electron chi connectivity index (χ1n) is 9.59. The first-order chi connectivity index (χ1) is 15.7. The third-order valence-electron chi connectivity index (χ3n) is 5.23. The monoisotopic (exact) mass is 483 g/mol. The molecule has 172 valence electrons. The van der Waals surface area contributed by atoms with Crippen molar-refractivity contribution < 1.29 is 31.7 Å². The van der Waals surface area contributed by atoms with Crippen LogP contribution < -0.4 is 4.90 Å². The molecule has 0 saturated carbocycles. The SMILES string of the molecule is O=C(c1ccc(-c2cccc([N+](=O)[O-])c2)o1)N1CCN(c2c(F)c(F)c(Cl)c(F)c2F)CC1. The summed E-state index contributed by atoms with van der Waals surface area (Å²) in [6.45, 7) is -0.204. The summed E-state index contributed by atoms with van der Waals surface area (Å²) in [5, 5.41) is 9.68. The van der Waals surface area contributed by atoms with Gasteiger partial charge in [-0.2, -0.15) is 0 Å². The summed E-state index contributed by atoms with van der Waals surface area (Å²) >= 11 is 5.26. The van der Waals surface area contributed by atoms with Crippen molar-refractivity contribution in [2.75, 3.05) is 31.1 Å². The Morgan fingerprint density at radius 2 is 1.61 bits per heavy atom. The van der Waals surface area contributed by atoms with E-state index in [0.717, 1.165) is 4.90 Å². The van der Waals surface area contributed by atoms with E-state index < -0.39 is 44.8 Å². The molecule has 0 aliphatic carbocycles. The smallest absolute Gasteiger partial charge is 0.289 e. The van der Waals surface area contributed by atoms with Crippen molar-refractivity contribution in [3.63, 3.8) is 0 Å². The molecule has 33 heavy (non-hydrogen) atoms. The number of carbonyl (C=O) groups is 1. The van der Waals surface area contributed by atoms with Crippen LogP contribution in [0.15, 0.2) is 40.8 Å². The third-order valence-corrected chi connectivity index (χ3v) is 5.56. The highest BCUT2D eigenvalue weighted by Crippen LogP contribution is 2.34. The number of furan rings is 1. The lowest BCUT2D eigenvalue weighted by molar-refractivity contribution is -0.384. The predicted molar refractivity (Wildman–Crippen MR) is 110 cm³/mol. The van der Waals surface area contributed by atoms with Gasteiger partial charge in [0.15, 0.2) is 29.0 Å². The number of non-ortho nitro benzene ring substituents is 1. The van der Waals surface area contributed by atoms with Gasteiger partial charge < -0.3 is 14.2 Å². The van der Waals surface area contributed by atoms with Crippen molar-refractivity contribution in [1.29, 1.82) is 0 Å². The van der Waals surface area contributed by atoms with Crippen LogP contribution in [0.5, 0.6) is 0 Å². The molecular formula is C21H14ClF4N3O4. The molecule has 1 fully saturated rings. The minimum absolute atomic E-state index is 0.00355. The quantitative estimate of drug-likeness (QED) is 0.171. The van der Waals surface area contributed by atoms with E-state index in [1.807, 2.05) is 0 Å². The molecule has 3 aromatic rings. The maximum absolute atomic E-state index is 14.2. The van der Waals surface area contributed by atoms with Gasteiger partial charge in [-0.05, 0) is 12.1 Å². The van der Waals surface area contributed by atoms with Gasteiger partial charge in [0, 0.05) is 43.9 Å². The van der Waals surface area contributed by atoms with Gasteiger partial charge in [0.1, 0.15) is 16.5 Å². The van der Waals surface area contributed by atoms with E-state index in [0.29, 0.717) is 5.56 Å². The van der Waals surface area contributed by atoms with E-state index in [2.05, 4.69) is 0 Å². The normalized spacial score (nSPS) is 14.0. The van der Waals surface area contributed by atoms with Gasteiger partial charge in [0.25, 0.3) is 11.6 Å². The highest BCUT2D eigenvalue weighted by molar-refractivity contribution is 6.31. The van der Waals surface area contributed by atoms with Gasteiger partial charge in [-0.1, -0.05) is 23.7 Å². The average molecular weight is 484 g/mol. The van der Waals surface area contributed by atoms with Crippen molar-refractivity contribution in [1.82, 2.24) is 4.90 Å². The number of nitrogens with zero attached hydrogens (tertiary/aromatic N) is 3. The minimum Gasteiger partial charge on any atom is -0.451 e. The van der Waals surface area contributed by atoms with E-state index in [-0.39, 0.29) is 43.4 Å². The molecule has 0 spiro atoms. The fourth-order valence-corrected chi connectivity index (χ4v) is 3.71. The van der Waals surface area contributed by atoms with Crippen molar-refractivity contribution in [2.45, 2.75) is 0 Å². The summed E-state index contributed by atoms with van der Waals surface area (Å²) < 4.78 is 61.5. The zero-order chi connectivity index (χ0) is 23.9. The summed E-state index contributed by atoms with van der Waals surface area (Å²) in [6, 6.07) is 8.60. The number of benzene rings is 2. The molecule has 4 rings (SSSR count). The lowest BCUT2D eigenvalue weighted by Crippen LogP contribution is -2.49. The lowest BCUT2D eigenvalue weighted by Gasteiger charge is -2.36. The molecule has 1 aliphatic heterocycles. The third kappa shape index (κ3) is 4.11. The summed E-state index contributed by atoms with van der Waals surface area (Å²) in [6.07, 6.45) is 0. The van der Waals surface area contributed by atoms with Crippen LogP contribution >= 0.6 is 11.6 Å². The Hall–Kier alpha value is -3.60. The first kappa shape index (κ1) is 22.6. The largest absolute Gasteiger partial charge is 0.451 e. The van der Waals surface area contributed by atoms with E-state index >= 15 is 0 Å². The van der Waals surface area contributed by atoms with Gasteiger partial charge in [0.05, 0.1) is 4.92 Å². The van der Waals surface area contributed by atoms with Crippen molar-refractivity contribution in [3.8, 4) is 11.3 Å². The van der Waals surface area contributed by atoms with Gasteiger partial charge in [-0.25, -0.2) is 17.6 Å². The molecule has 1 aromatic heterocycles. The van der Waals surface area contributed by atoms with Crippen LogP contribution in [0, 0.1) is 33.4 Å². The topological polar surface area (TPSA) is 79.8 Å². The number of halogens is 5. The molecule has 2 heterocycles. The minimum atomic E-state index is -1.69. The standard InChI is InChI=1S/C21H14ClF4N3O4/c22-15-16(23)18(25)20(19(26)17(15)24)27-6-8-28(9-7-27)21(30)14-5-4-13(33-14)11-2-1-3-12(10-11)29(31)32/h1-5,10H,6-9H2. The summed E-state index contributed by atoms with van der Waals surface area (Å²) in [4.78, 5) is 25.6. The van der Waals surface area contributed by atoms with Gasteiger partial charge in [-0.3, -0.25) is 14.9 Å². The molecule has 0 unspecified atom stereocenters. The van der Waals surface area contributed by atoms with Crippen molar-refractivity contribution in [3.05, 3.63) is 80.6 Å². The van der Waals surface area contributed by atoms with Crippen LogP contribution in [0.3, 0.4) is 0 Å². The van der Waals surface area contributed by atoms with Crippen LogP contribution in [-0.4, -0.2) is 41.9 Å². The number of nitro benzene ring substituents is 1. The zero-order valence-corrected chi connectivity index (χ0v) is 17.4. The summed E-state index contributed by atoms with van der Waals surface area (Å²) in [7, 11) is 0. The van der Waals surface area contributed by atoms with Crippen molar-refractivity contribution >= 4 is 28.9 Å². The Labute approximate surface area is 188 Å². The molecule has 0 N–H and O–H groups in total. The molecule has 0 atom stereocenters. The molecule has 1 saturated heterocycles. The molecule has 1 amide bonds. The molecular weight excluding hydrogens is 470 g/mol. The molecule has 7 nitrogen and oxygen atoms in total. The first-order valence-corrected chi connectivity index (χ1v) is 9.97. The molecule has 1 aliphatic rings. The van der Waals surface area contributed by atoms with Crippen LogP contribution in [0.1, 0.15) is 10.6 Å². The Balaban J connectivity index is 1.48. The van der Waals surface area contributed by atoms with Gasteiger partial charge in [0.2, 0.25) is 0 Å². The van der Waals surface area contributed by atoms with Gasteiger partial charge in [-0.15, -0.1) is 0 Å². The van der Waals surface area contributed by atoms with E-state index in [4.69, 9.17) is 16.0 Å². The Bertz CT molecular complexity index is 1230. The number of rotatable bonds is 4. The van der Waals surface area contributed by atoms with E-state index in [1.165, 1.54) is 35.2 Å².